The molecule has 3 rings (SSSR count). The molecule has 1 aromatic heterocycles. The predicted molar refractivity (Wildman–Crippen MR) is 118 cm³/mol. The van der Waals surface area contributed by atoms with Crippen LogP contribution in [0.25, 0.3) is 11.3 Å². The van der Waals surface area contributed by atoms with Crippen molar-refractivity contribution in [2.45, 2.75) is 4.34 Å². The van der Waals surface area contributed by atoms with Crippen LogP contribution >= 0.6 is 34.7 Å². The Morgan fingerprint density at radius 1 is 1.10 bits per heavy atom. The Morgan fingerprint density at radius 3 is 2.52 bits per heavy atom. The van der Waals surface area contributed by atoms with Gasteiger partial charge in [-0.2, -0.15) is 0 Å². The van der Waals surface area contributed by atoms with E-state index in [0.29, 0.717) is 25.8 Å². The van der Waals surface area contributed by atoms with Gasteiger partial charge in [0.25, 0.3) is 5.91 Å². The van der Waals surface area contributed by atoms with E-state index in [1.54, 1.807) is 31.3 Å². The lowest BCUT2D eigenvalue weighted by atomic mass is 10.2. The largest absolute Gasteiger partial charge is 0.484 e. The maximum atomic E-state index is 12.4. The maximum Gasteiger partial charge on any atom is 0.262 e. The second-order valence-electron chi connectivity index (χ2n) is 5.78. The van der Waals surface area contributed by atoms with E-state index in [4.69, 9.17) is 16.3 Å². The van der Waals surface area contributed by atoms with Crippen LogP contribution in [0.1, 0.15) is 0 Å². The first kappa shape index (κ1) is 21.2. The SMILES string of the molecule is CNC(=O)CSc1nc(-c2ccccc2)c(NC(=O)COc2ccc(Cl)cc2)s1. The van der Waals surface area contributed by atoms with Gasteiger partial charge in [0.05, 0.1) is 5.75 Å². The number of hydrogen-bond acceptors (Lipinski definition) is 6. The third kappa shape index (κ3) is 6.22. The smallest absolute Gasteiger partial charge is 0.262 e. The third-order valence-corrected chi connectivity index (χ3v) is 6.06. The monoisotopic (exact) mass is 447 g/mol. The van der Waals surface area contributed by atoms with Crippen molar-refractivity contribution in [2.75, 3.05) is 24.7 Å². The number of thioether (sulfide) groups is 1. The summed E-state index contributed by atoms with van der Waals surface area (Å²) in [7, 11) is 1.59. The standard InChI is InChI=1S/C20H18ClN3O3S2/c1-22-17(26)12-28-20-24-18(13-5-3-2-4-6-13)19(29-20)23-16(25)11-27-15-9-7-14(21)8-10-15/h2-10H,11-12H2,1H3,(H,22,26)(H,23,25). The average molecular weight is 448 g/mol. The van der Waals surface area contributed by atoms with Crippen LogP contribution in [0.2, 0.25) is 5.02 Å². The number of carbonyl (C=O) groups excluding carboxylic acids is 2. The lowest BCUT2D eigenvalue weighted by Gasteiger charge is -2.07. The number of aromatic nitrogens is 1. The van der Waals surface area contributed by atoms with Crippen LogP contribution in [0.3, 0.4) is 0 Å². The summed E-state index contributed by atoms with van der Waals surface area (Å²) < 4.78 is 6.19. The molecule has 9 heteroatoms. The molecule has 0 aliphatic heterocycles. The van der Waals surface area contributed by atoms with Gasteiger partial charge >= 0.3 is 0 Å². The van der Waals surface area contributed by atoms with Crippen molar-refractivity contribution in [1.29, 1.82) is 0 Å². The second kappa shape index (κ2) is 10.3. The van der Waals surface area contributed by atoms with Gasteiger partial charge in [-0.05, 0) is 24.3 Å². The van der Waals surface area contributed by atoms with Crippen LogP contribution in [0.5, 0.6) is 5.75 Å². The summed E-state index contributed by atoms with van der Waals surface area (Å²) in [6, 6.07) is 16.3. The van der Waals surface area contributed by atoms with E-state index < -0.39 is 0 Å². The maximum absolute atomic E-state index is 12.4. The molecule has 2 aromatic carbocycles. The molecule has 3 aromatic rings. The van der Waals surface area contributed by atoms with Crippen molar-refractivity contribution in [2.24, 2.45) is 0 Å². The molecule has 0 bridgehead atoms. The molecule has 1 heterocycles. The summed E-state index contributed by atoms with van der Waals surface area (Å²) in [5.41, 5.74) is 1.54. The molecule has 0 atom stereocenters. The Kier molecular flexibility index (Phi) is 7.51. The molecule has 29 heavy (non-hydrogen) atoms. The lowest BCUT2D eigenvalue weighted by Crippen LogP contribution is -2.19. The van der Waals surface area contributed by atoms with Crippen molar-refractivity contribution in [3.8, 4) is 17.0 Å². The molecule has 0 aliphatic rings. The molecule has 0 spiro atoms. The number of benzene rings is 2. The Hall–Kier alpha value is -2.55. The highest BCUT2D eigenvalue weighted by Crippen LogP contribution is 2.37. The molecule has 0 unspecified atom stereocenters. The first-order valence-electron chi connectivity index (χ1n) is 8.63. The van der Waals surface area contributed by atoms with Crippen molar-refractivity contribution in [3.63, 3.8) is 0 Å². The summed E-state index contributed by atoms with van der Waals surface area (Å²) in [5, 5.41) is 6.65. The number of carbonyl (C=O) groups is 2. The van der Waals surface area contributed by atoms with Gasteiger partial charge in [0, 0.05) is 17.6 Å². The first-order valence-corrected chi connectivity index (χ1v) is 10.8. The average Bonchev–Trinajstić information content (AvgIpc) is 3.14. The number of thiazole rings is 1. The molecule has 150 valence electrons. The first-order chi connectivity index (χ1) is 14.0. The van der Waals surface area contributed by atoms with Gasteiger partial charge in [-0.25, -0.2) is 4.98 Å². The third-order valence-electron chi connectivity index (χ3n) is 3.70. The molecule has 0 saturated heterocycles. The van der Waals surface area contributed by atoms with Crippen LogP contribution < -0.4 is 15.4 Å². The van der Waals surface area contributed by atoms with Crippen molar-refractivity contribution in [3.05, 3.63) is 59.6 Å². The molecular weight excluding hydrogens is 430 g/mol. The Labute approximate surface area is 181 Å². The summed E-state index contributed by atoms with van der Waals surface area (Å²) in [5.74, 6) is 0.418. The minimum absolute atomic E-state index is 0.0894. The van der Waals surface area contributed by atoms with Crippen LogP contribution in [0.4, 0.5) is 5.00 Å². The fraction of sp³-hybridized carbons (Fsp3) is 0.150. The summed E-state index contributed by atoms with van der Waals surface area (Å²) in [6.07, 6.45) is 0. The molecule has 0 saturated carbocycles. The number of amides is 2. The van der Waals surface area contributed by atoms with Crippen LogP contribution in [0, 0.1) is 0 Å². The number of nitrogens with one attached hydrogen (secondary N) is 2. The molecule has 0 aliphatic carbocycles. The Morgan fingerprint density at radius 2 is 1.83 bits per heavy atom. The lowest BCUT2D eigenvalue weighted by molar-refractivity contribution is -0.118. The van der Waals surface area contributed by atoms with Crippen molar-refractivity contribution < 1.29 is 14.3 Å². The van der Waals surface area contributed by atoms with E-state index in [1.807, 2.05) is 30.3 Å². The zero-order chi connectivity index (χ0) is 20.6. The van der Waals surface area contributed by atoms with Crippen LogP contribution in [-0.4, -0.2) is 36.2 Å². The Balaban J connectivity index is 1.71. The van der Waals surface area contributed by atoms with Crippen LogP contribution in [0.15, 0.2) is 58.9 Å². The van der Waals surface area contributed by atoms with Gasteiger partial charge in [-0.15, -0.1) is 0 Å². The zero-order valence-corrected chi connectivity index (χ0v) is 17.9. The molecule has 6 nitrogen and oxygen atoms in total. The molecule has 2 amide bonds. The quantitative estimate of drug-likeness (QED) is 0.503. The minimum atomic E-state index is -0.302. The number of hydrogen-bond donors (Lipinski definition) is 2. The van der Waals surface area contributed by atoms with E-state index >= 15 is 0 Å². The minimum Gasteiger partial charge on any atom is -0.484 e. The van der Waals surface area contributed by atoms with E-state index in [0.717, 1.165) is 5.56 Å². The highest BCUT2D eigenvalue weighted by molar-refractivity contribution is 8.01. The van der Waals surface area contributed by atoms with Gasteiger partial charge in [0.15, 0.2) is 10.9 Å². The fourth-order valence-electron chi connectivity index (χ4n) is 2.28. The zero-order valence-electron chi connectivity index (χ0n) is 15.5. The molecule has 0 fully saturated rings. The summed E-state index contributed by atoms with van der Waals surface area (Å²) in [6.45, 7) is -0.144. The topological polar surface area (TPSA) is 80.3 Å². The second-order valence-corrected chi connectivity index (χ2v) is 8.43. The predicted octanol–water partition coefficient (Wildman–Crippen LogP) is 4.32. The van der Waals surface area contributed by atoms with Gasteiger partial charge in [-0.3, -0.25) is 9.59 Å². The van der Waals surface area contributed by atoms with Crippen LogP contribution in [-0.2, 0) is 9.59 Å². The number of nitrogens with zero attached hydrogens (tertiary/aromatic N) is 1. The number of rotatable bonds is 8. The highest BCUT2D eigenvalue weighted by Gasteiger charge is 2.17. The van der Waals surface area contributed by atoms with Gasteiger partial charge in [-0.1, -0.05) is 65.0 Å². The van der Waals surface area contributed by atoms with Gasteiger partial charge < -0.3 is 15.4 Å². The van der Waals surface area contributed by atoms with Gasteiger partial charge in [0.2, 0.25) is 5.91 Å². The summed E-state index contributed by atoms with van der Waals surface area (Å²) in [4.78, 5) is 28.5. The van der Waals surface area contributed by atoms with Gasteiger partial charge in [0.1, 0.15) is 16.4 Å². The number of anilines is 1. The fourth-order valence-corrected chi connectivity index (χ4v) is 4.36. The van der Waals surface area contributed by atoms with E-state index in [2.05, 4.69) is 15.6 Å². The Bertz CT molecular complexity index is 978. The highest BCUT2D eigenvalue weighted by atomic mass is 35.5. The molecule has 0 radical (unpaired) electrons. The molecule has 2 N–H and O–H groups in total. The van der Waals surface area contributed by atoms with Crippen molar-refractivity contribution >= 4 is 51.5 Å². The number of ether oxygens (including phenoxy) is 1. The normalized spacial score (nSPS) is 10.4. The van der Waals surface area contributed by atoms with E-state index in [1.165, 1.54) is 23.1 Å². The number of halogens is 1. The summed E-state index contributed by atoms with van der Waals surface area (Å²) >= 11 is 8.49. The van der Waals surface area contributed by atoms with E-state index in [-0.39, 0.29) is 24.2 Å². The molecular formula is C20H18ClN3O3S2. The van der Waals surface area contributed by atoms with E-state index in [9.17, 15) is 9.59 Å². The van der Waals surface area contributed by atoms with Crippen molar-refractivity contribution in [1.82, 2.24) is 10.3 Å².